The summed E-state index contributed by atoms with van der Waals surface area (Å²) in [6.07, 6.45) is 2.07. The Labute approximate surface area is 229 Å². The number of fused-ring (bicyclic) bond motifs is 1. The highest BCUT2D eigenvalue weighted by Gasteiger charge is 2.41. The number of hydrogen-bond acceptors (Lipinski definition) is 6. The predicted octanol–water partition coefficient (Wildman–Crippen LogP) is 5.16. The quantitative estimate of drug-likeness (QED) is 0.129. The average molecular weight is 564 g/mol. The molecular weight excluding hydrogens is 530 g/mol. The first kappa shape index (κ1) is 29.7. The molecular formula is C29H33F4N3O4. The Morgan fingerprint density at radius 2 is 1.93 bits per heavy atom. The van der Waals surface area contributed by atoms with Crippen LogP contribution in [0.4, 0.5) is 17.6 Å². The number of likely N-dealkylation sites (tertiary alicyclic amines) is 1. The minimum Gasteiger partial charge on any atom is -0.497 e. The number of hydroxylamine groups is 1. The summed E-state index contributed by atoms with van der Waals surface area (Å²) in [6.45, 7) is 0.695. The highest BCUT2D eigenvalue weighted by Crippen LogP contribution is 2.40. The van der Waals surface area contributed by atoms with Gasteiger partial charge in [-0.15, -0.1) is 0 Å². The minimum absolute atomic E-state index is 0.0218. The monoisotopic (exact) mass is 563 g/mol. The number of ether oxygens (including phenoxy) is 1. The molecule has 2 aromatic carbocycles. The highest BCUT2D eigenvalue weighted by molar-refractivity contribution is 5.85. The number of aliphatic hydroxyl groups excluding tert-OH is 1. The molecule has 7 nitrogen and oxygen atoms in total. The van der Waals surface area contributed by atoms with Crippen LogP contribution in [-0.4, -0.2) is 52.8 Å². The number of aromatic nitrogens is 1. The molecule has 3 aromatic rings. The molecule has 0 radical (unpaired) electrons. The van der Waals surface area contributed by atoms with Gasteiger partial charge in [-0.2, -0.15) is 0 Å². The number of alkyl halides is 1. The Morgan fingerprint density at radius 1 is 1.18 bits per heavy atom. The van der Waals surface area contributed by atoms with E-state index in [1.54, 1.807) is 23.7 Å². The van der Waals surface area contributed by atoms with Gasteiger partial charge < -0.3 is 14.7 Å². The van der Waals surface area contributed by atoms with Crippen molar-refractivity contribution in [3.05, 3.63) is 70.7 Å². The third kappa shape index (κ3) is 6.37. The van der Waals surface area contributed by atoms with Gasteiger partial charge >= 0.3 is 0 Å². The molecule has 0 bridgehead atoms. The smallest absolute Gasteiger partial charge is 0.249 e. The maximum absolute atomic E-state index is 13.9. The van der Waals surface area contributed by atoms with Crippen molar-refractivity contribution in [3.8, 4) is 5.75 Å². The first-order chi connectivity index (χ1) is 19.2. The predicted molar refractivity (Wildman–Crippen MR) is 140 cm³/mol. The lowest BCUT2D eigenvalue weighted by Crippen LogP contribution is -2.48. The van der Waals surface area contributed by atoms with Crippen molar-refractivity contribution in [2.24, 2.45) is 5.41 Å². The Kier molecular flexibility index (Phi) is 9.60. The number of aliphatic hydroxyl groups is 1. The topological polar surface area (TPSA) is 94.9 Å². The summed E-state index contributed by atoms with van der Waals surface area (Å²) >= 11 is 0. The number of pyridine rings is 1. The maximum Gasteiger partial charge on any atom is 0.249 e. The molecule has 4 rings (SSSR count). The van der Waals surface area contributed by atoms with Gasteiger partial charge in [0, 0.05) is 23.2 Å². The minimum atomic E-state index is -1.22. The third-order valence-electron chi connectivity index (χ3n) is 7.96. The van der Waals surface area contributed by atoms with Crippen LogP contribution in [0, 0.1) is 22.9 Å². The van der Waals surface area contributed by atoms with Gasteiger partial charge in [0.25, 0.3) is 0 Å². The van der Waals surface area contributed by atoms with Crippen LogP contribution in [0.15, 0.2) is 36.5 Å². The van der Waals surface area contributed by atoms with E-state index in [1.165, 1.54) is 13.3 Å². The van der Waals surface area contributed by atoms with Crippen LogP contribution >= 0.6 is 0 Å². The number of carbonyl (C=O) groups excluding carboxylic acids is 1. The Balaban J connectivity index is 1.42. The second-order valence-corrected chi connectivity index (χ2v) is 10.3. The van der Waals surface area contributed by atoms with E-state index < -0.39 is 41.6 Å². The van der Waals surface area contributed by atoms with Crippen molar-refractivity contribution >= 4 is 16.8 Å². The van der Waals surface area contributed by atoms with E-state index >= 15 is 0 Å². The van der Waals surface area contributed by atoms with Gasteiger partial charge in [0.05, 0.1) is 24.1 Å². The van der Waals surface area contributed by atoms with Crippen LogP contribution in [-0.2, 0) is 17.9 Å². The first-order valence-corrected chi connectivity index (χ1v) is 13.2. The molecule has 1 aliphatic heterocycles. The maximum atomic E-state index is 13.9. The van der Waals surface area contributed by atoms with Gasteiger partial charge in [-0.3, -0.25) is 15.0 Å². The molecule has 0 saturated carbocycles. The number of nitrogens with one attached hydrogen (secondary N) is 1. The van der Waals surface area contributed by atoms with E-state index in [0.717, 1.165) is 6.07 Å². The molecule has 0 aliphatic carbocycles. The zero-order valence-corrected chi connectivity index (χ0v) is 22.2. The second-order valence-electron chi connectivity index (χ2n) is 10.3. The second kappa shape index (κ2) is 12.9. The Hall–Kier alpha value is -3.28. The van der Waals surface area contributed by atoms with Crippen molar-refractivity contribution in [3.63, 3.8) is 0 Å². The van der Waals surface area contributed by atoms with Gasteiger partial charge in [-0.25, -0.2) is 23.0 Å². The Bertz CT molecular complexity index is 1340. The number of hydrogen-bond donors (Lipinski definition) is 3. The fourth-order valence-corrected chi connectivity index (χ4v) is 5.62. The van der Waals surface area contributed by atoms with Crippen molar-refractivity contribution in [1.82, 2.24) is 15.4 Å². The Morgan fingerprint density at radius 3 is 2.60 bits per heavy atom. The third-order valence-corrected chi connectivity index (χ3v) is 7.96. The number of carbonyl (C=O) groups is 1. The molecule has 0 spiro atoms. The molecule has 1 amide bonds. The number of aryl methyl sites for hydroxylation is 1. The molecule has 1 atom stereocenters. The SMILES string of the molecule is COc1ccc2ncc(CF)c(C(O)CCC3(C(=O)NO)CCN(CCCc4cc(F)cc(F)c4F)CC3)c2c1. The molecule has 1 unspecified atom stereocenters. The van der Waals surface area contributed by atoms with Crippen molar-refractivity contribution in [2.45, 2.75) is 51.3 Å². The fraction of sp³-hybridized carbons (Fsp3) is 0.448. The van der Waals surface area contributed by atoms with Gasteiger partial charge in [-0.1, -0.05) is 0 Å². The van der Waals surface area contributed by atoms with Crippen molar-refractivity contribution in [1.29, 1.82) is 0 Å². The van der Waals surface area contributed by atoms with Crippen molar-refractivity contribution < 1.29 is 37.4 Å². The van der Waals surface area contributed by atoms with E-state index in [2.05, 4.69) is 9.88 Å². The number of nitrogens with zero attached hydrogens (tertiary/aromatic N) is 2. The van der Waals surface area contributed by atoms with Gasteiger partial charge in [0.2, 0.25) is 5.91 Å². The summed E-state index contributed by atoms with van der Waals surface area (Å²) in [5.74, 6) is -3.11. The van der Waals surface area contributed by atoms with Crippen LogP contribution in [0.25, 0.3) is 10.9 Å². The van der Waals surface area contributed by atoms with Gasteiger partial charge in [-0.05, 0) is 93.6 Å². The molecule has 3 N–H and O–H groups in total. The van der Waals surface area contributed by atoms with Crippen molar-refractivity contribution in [2.75, 3.05) is 26.7 Å². The van der Waals surface area contributed by atoms with Crippen LogP contribution < -0.4 is 10.2 Å². The number of rotatable bonds is 11. The molecule has 1 saturated heterocycles. The van der Waals surface area contributed by atoms with Gasteiger partial charge in [0.15, 0.2) is 11.6 Å². The standard InChI is InChI=1S/C29H33F4N3O4/c1-40-21-4-5-24-22(15-21)26(19(16-30)17-34-24)25(37)6-7-29(28(38)35-39)8-11-36(12-9-29)10-2-3-18-13-20(31)14-23(32)27(18)33/h4-5,13-15,17,25,37,39H,2-3,6-12,16H2,1H3,(H,35,38). The van der Waals surface area contributed by atoms with E-state index in [4.69, 9.17) is 4.74 Å². The molecule has 1 aromatic heterocycles. The first-order valence-electron chi connectivity index (χ1n) is 13.2. The lowest BCUT2D eigenvalue weighted by Gasteiger charge is -2.40. The number of halogens is 4. The molecule has 1 aliphatic rings. The zero-order chi connectivity index (χ0) is 28.9. The number of benzene rings is 2. The van der Waals surface area contributed by atoms with E-state index in [9.17, 15) is 32.7 Å². The van der Waals surface area contributed by atoms with E-state index in [0.29, 0.717) is 67.2 Å². The number of amides is 1. The summed E-state index contributed by atoms with van der Waals surface area (Å²) in [5.41, 5.74) is 2.00. The summed E-state index contributed by atoms with van der Waals surface area (Å²) in [4.78, 5) is 19.1. The summed E-state index contributed by atoms with van der Waals surface area (Å²) in [5, 5.41) is 21.2. The lowest BCUT2D eigenvalue weighted by atomic mass is 9.73. The highest BCUT2D eigenvalue weighted by atomic mass is 19.2. The zero-order valence-electron chi connectivity index (χ0n) is 22.2. The molecule has 216 valence electrons. The largest absolute Gasteiger partial charge is 0.497 e. The molecule has 2 heterocycles. The number of methoxy groups -OCH3 is 1. The lowest BCUT2D eigenvalue weighted by molar-refractivity contribution is -0.143. The normalized spacial score (nSPS) is 16.2. The van der Waals surface area contributed by atoms with Crippen LogP contribution in [0.2, 0.25) is 0 Å². The van der Waals surface area contributed by atoms with Crippen LogP contribution in [0.3, 0.4) is 0 Å². The molecule has 11 heteroatoms. The van der Waals surface area contributed by atoms with E-state index in [1.807, 2.05) is 0 Å². The number of piperidine rings is 1. The summed E-state index contributed by atoms with van der Waals surface area (Å²) in [6, 6.07) is 6.65. The summed E-state index contributed by atoms with van der Waals surface area (Å²) < 4.78 is 60.0. The van der Waals surface area contributed by atoms with Crippen LogP contribution in [0.1, 0.15) is 54.9 Å². The van der Waals surface area contributed by atoms with Crippen LogP contribution in [0.5, 0.6) is 5.75 Å². The van der Waals surface area contributed by atoms with E-state index in [-0.39, 0.29) is 30.4 Å². The average Bonchev–Trinajstić information content (AvgIpc) is 2.97. The van der Waals surface area contributed by atoms with Gasteiger partial charge in [0.1, 0.15) is 18.2 Å². The molecule has 40 heavy (non-hydrogen) atoms. The molecule has 1 fully saturated rings. The summed E-state index contributed by atoms with van der Waals surface area (Å²) in [7, 11) is 1.51. The fourth-order valence-electron chi connectivity index (χ4n) is 5.62.